The SMILES string of the molecule is Cn1c(C(=O)NC2CCc3cc(C(N)=O)ncc32)cc2ccc(Cl)cc21. The minimum atomic E-state index is -0.547. The van der Waals surface area contributed by atoms with Gasteiger partial charge in [-0.1, -0.05) is 17.7 Å². The van der Waals surface area contributed by atoms with Crippen LogP contribution in [0.15, 0.2) is 36.5 Å². The molecule has 1 aliphatic carbocycles. The first-order valence-electron chi connectivity index (χ1n) is 8.28. The molecule has 26 heavy (non-hydrogen) atoms. The molecule has 1 aliphatic rings. The van der Waals surface area contributed by atoms with E-state index in [4.69, 9.17) is 17.3 Å². The van der Waals surface area contributed by atoms with Crippen LogP contribution in [0, 0.1) is 0 Å². The van der Waals surface area contributed by atoms with E-state index in [1.54, 1.807) is 18.3 Å². The number of aromatic nitrogens is 2. The molecule has 2 amide bonds. The van der Waals surface area contributed by atoms with Crippen LogP contribution >= 0.6 is 11.6 Å². The van der Waals surface area contributed by atoms with Crippen molar-refractivity contribution in [2.45, 2.75) is 18.9 Å². The zero-order valence-corrected chi connectivity index (χ0v) is 14.9. The predicted molar refractivity (Wildman–Crippen MR) is 99.2 cm³/mol. The van der Waals surface area contributed by atoms with Gasteiger partial charge in [-0.25, -0.2) is 0 Å². The summed E-state index contributed by atoms with van der Waals surface area (Å²) in [5.74, 6) is -0.703. The minimum absolute atomic E-state index is 0.131. The molecule has 6 nitrogen and oxygen atoms in total. The van der Waals surface area contributed by atoms with Gasteiger partial charge in [0.2, 0.25) is 0 Å². The Balaban J connectivity index is 1.61. The average Bonchev–Trinajstić information content (AvgIpc) is 3.16. The lowest BCUT2D eigenvalue weighted by atomic mass is 10.1. The predicted octanol–water partition coefficient (Wildman–Crippen LogP) is 2.74. The number of aryl methyl sites for hydroxylation is 2. The Morgan fingerprint density at radius 1 is 1.31 bits per heavy atom. The molecule has 3 N–H and O–H groups in total. The molecule has 132 valence electrons. The number of nitrogens with one attached hydrogen (secondary N) is 1. The Morgan fingerprint density at radius 3 is 2.88 bits per heavy atom. The van der Waals surface area contributed by atoms with Gasteiger partial charge < -0.3 is 15.6 Å². The Labute approximate surface area is 155 Å². The van der Waals surface area contributed by atoms with E-state index in [-0.39, 0.29) is 17.6 Å². The molecule has 0 saturated carbocycles. The lowest BCUT2D eigenvalue weighted by Crippen LogP contribution is -2.28. The molecule has 0 radical (unpaired) electrons. The van der Waals surface area contributed by atoms with Crippen molar-refractivity contribution in [2.24, 2.45) is 12.8 Å². The van der Waals surface area contributed by atoms with Gasteiger partial charge in [-0.05, 0) is 48.2 Å². The number of nitrogens with two attached hydrogens (primary N) is 1. The molecule has 4 rings (SSSR count). The summed E-state index contributed by atoms with van der Waals surface area (Å²) in [5, 5.41) is 4.66. The van der Waals surface area contributed by atoms with Crippen molar-refractivity contribution < 1.29 is 9.59 Å². The lowest BCUT2D eigenvalue weighted by molar-refractivity contribution is 0.0927. The minimum Gasteiger partial charge on any atom is -0.364 e. The van der Waals surface area contributed by atoms with Crippen LogP contribution in [0.4, 0.5) is 0 Å². The van der Waals surface area contributed by atoms with Crippen LogP contribution < -0.4 is 11.1 Å². The molecule has 0 fully saturated rings. The molecule has 1 aromatic carbocycles. The molecule has 7 heteroatoms. The maximum absolute atomic E-state index is 12.8. The molecule has 0 spiro atoms. The van der Waals surface area contributed by atoms with Gasteiger partial charge in [-0.2, -0.15) is 0 Å². The van der Waals surface area contributed by atoms with Gasteiger partial charge in [-0.15, -0.1) is 0 Å². The third-order valence-electron chi connectivity index (χ3n) is 4.90. The number of hydrogen-bond acceptors (Lipinski definition) is 3. The second-order valence-electron chi connectivity index (χ2n) is 6.49. The van der Waals surface area contributed by atoms with Crippen molar-refractivity contribution in [2.75, 3.05) is 0 Å². The van der Waals surface area contributed by atoms with E-state index in [1.807, 2.05) is 29.8 Å². The summed E-state index contributed by atoms with van der Waals surface area (Å²) >= 11 is 6.05. The van der Waals surface area contributed by atoms with Crippen molar-refractivity contribution in [1.82, 2.24) is 14.9 Å². The largest absolute Gasteiger partial charge is 0.364 e. The topological polar surface area (TPSA) is 90.0 Å². The monoisotopic (exact) mass is 368 g/mol. The van der Waals surface area contributed by atoms with Crippen LogP contribution in [0.2, 0.25) is 5.02 Å². The first kappa shape index (κ1) is 16.6. The number of rotatable bonds is 3. The van der Waals surface area contributed by atoms with Gasteiger partial charge in [0, 0.05) is 29.2 Å². The number of pyridine rings is 1. The molecule has 0 saturated heterocycles. The fourth-order valence-corrected chi connectivity index (χ4v) is 3.70. The molecule has 1 atom stereocenters. The number of amides is 2. The summed E-state index contributed by atoms with van der Waals surface area (Å²) in [7, 11) is 1.84. The zero-order valence-electron chi connectivity index (χ0n) is 14.1. The summed E-state index contributed by atoms with van der Waals surface area (Å²) in [6.07, 6.45) is 3.17. The number of carbonyl (C=O) groups is 2. The first-order valence-corrected chi connectivity index (χ1v) is 8.66. The number of primary amides is 1. The van der Waals surface area contributed by atoms with Crippen molar-refractivity contribution in [3.05, 3.63) is 64.1 Å². The highest BCUT2D eigenvalue weighted by molar-refractivity contribution is 6.31. The smallest absolute Gasteiger partial charge is 0.268 e. The highest BCUT2D eigenvalue weighted by Gasteiger charge is 2.26. The molecule has 2 heterocycles. The number of hydrogen-bond donors (Lipinski definition) is 2. The fourth-order valence-electron chi connectivity index (χ4n) is 3.53. The highest BCUT2D eigenvalue weighted by atomic mass is 35.5. The van der Waals surface area contributed by atoms with Gasteiger partial charge in [0.1, 0.15) is 11.4 Å². The summed E-state index contributed by atoms with van der Waals surface area (Å²) in [4.78, 5) is 28.2. The molecule has 0 aliphatic heterocycles. The van der Waals surface area contributed by atoms with Crippen LogP contribution in [0.25, 0.3) is 10.9 Å². The van der Waals surface area contributed by atoms with Crippen LogP contribution in [0.1, 0.15) is 44.6 Å². The maximum atomic E-state index is 12.8. The van der Waals surface area contributed by atoms with Gasteiger partial charge in [-0.3, -0.25) is 14.6 Å². The Bertz CT molecular complexity index is 1060. The number of halogens is 1. The third kappa shape index (κ3) is 2.72. The number of carbonyl (C=O) groups excluding carboxylic acids is 2. The Morgan fingerprint density at radius 2 is 2.12 bits per heavy atom. The summed E-state index contributed by atoms with van der Waals surface area (Å²) in [6, 6.07) is 8.98. The maximum Gasteiger partial charge on any atom is 0.268 e. The number of benzene rings is 1. The van der Waals surface area contributed by atoms with E-state index in [0.717, 1.165) is 34.9 Å². The van der Waals surface area contributed by atoms with Crippen molar-refractivity contribution in [3.63, 3.8) is 0 Å². The highest BCUT2D eigenvalue weighted by Crippen LogP contribution is 2.31. The van der Waals surface area contributed by atoms with E-state index < -0.39 is 5.91 Å². The second-order valence-corrected chi connectivity index (χ2v) is 6.93. The van der Waals surface area contributed by atoms with E-state index in [0.29, 0.717) is 10.7 Å². The quantitative estimate of drug-likeness (QED) is 0.744. The van der Waals surface area contributed by atoms with Crippen molar-refractivity contribution in [1.29, 1.82) is 0 Å². The van der Waals surface area contributed by atoms with E-state index >= 15 is 0 Å². The van der Waals surface area contributed by atoms with Crippen LogP contribution in [0.3, 0.4) is 0 Å². The van der Waals surface area contributed by atoms with Crippen LogP contribution in [-0.4, -0.2) is 21.4 Å². The van der Waals surface area contributed by atoms with E-state index in [2.05, 4.69) is 10.3 Å². The lowest BCUT2D eigenvalue weighted by Gasteiger charge is -2.14. The van der Waals surface area contributed by atoms with Gasteiger partial charge in [0.25, 0.3) is 11.8 Å². The molecular formula is C19H17ClN4O2. The summed E-state index contributed by atoms with van der Waals surface area (Å²) in [6.45, 7) is 0. The third-order valence-corrected chi connectivity index (χ3v) is 5.14. The molecule has 3 aromatic rings. The Hall–Kier alpha value is -2.86. The fraction of sp³-hybridized carbons (Fsp3) is 0.211. The first-order chi connectivity index (χ1) is 12.4. The summed E-state index contributed by atoms with van der Waals surface area (Å²) < 4.78 is 1.83. The standard InChI is InChI=1S/C19H17ClN4O2/c1-24-16-8-12(20)4-2-11(16)7-17(24)19(26)23-14-5-3-10-6-15(18(21)25)22-9-13(10)14/h2,4,6-9,14H,3,5H2,1H3,(H2,21,25)(H,23,26). The van der Waals surface area contributed by atoms with Gasteiger partial charge in [0.05, 0.1) is 6.04 Å². The molecule has 0 bridgehead atoms. The Kier molecular flexibility index (Phi) is 3.92. The van der Waals surface area contributed by atoms with E-state index in [1.165, 1.54) is 0 Å². The zero-order chi connectivity index (χ0) is 18.4. The normalized spacial score (nSPS) is 15.8. The second kappa shape index (κ2) is 6.14. The van der Waals surface area contributed by atoms with E-state index in [9.17, 15) is 9.59 Å². The average molecular weight is 369 g/mol. The van der Waals surface area contributed by atoms with Gasteiger partial charge in [0.15, 0.2) is 0 Å². The van der Waals surface area contributed by atoms with Crippen LogP contribution in [-0.2, 0) is 13.5 Å². The molecule has 1 unspecified atom stereocenters. The van der Waals surface area contributed by atoms with Crippen molar-refractivity contribution in [3.8, 4) is 0 Å². The van der Waals surface area contributed by atoms with Crippen LogP contribution in [0.5, 0.6) is 0 Å². The number of nitrogens with zero attached hydrogens (tertiary/aromatic N) is 2. The number of fused-ring (bicyclic) bond motifs is 2. The van der Waals surface area contributed by atoms with Crippen molar-refractivity contribution >= 4 is 34.3 Å². The molecule has 2 aromatic heterocycles. The summed E-state index contributed by atoms with van der Waals surface area (Å²) in [5.41, 5.74) is 8.94. The molecular weight excluding hydrogens is 352 g/mol. The van der Waals surface area contributed by atoms with Gasteiger partial charge >= 0.3 is 0 Å².